The second-order valence-corrected chi connectivity index (χ2v) is 7.99. The van der Waals surface area contributed by atoms with Gasteiger partial charge in [0.15, 0.2) is 5.82 Å². The van der Waals surface area contributed by atoms with Crippen molar-refractivity contribution < 1.29 is 9.50 Å². The highest BCUT2D eigenvalue weighted by atomic mass is 19.1. The summed E-state index contributed by atoms with van der Waals surface area (Å²) in [6.45, 7) is 8.54. The molecule has 1 N–H and O–H groups in total. The Hall–Kier alpha value is -3.65. The van der Waals surface area contributed by atoms with E-state index in [1.54, 1.807) is 18.5 Å². The standard InChI is InChI=1S/C25H27FN6O/c1-5-32(18(4)19-6-8-20(26)9-7-19)25-16(2)12-22(29-30-25)21-10-11-24(23(14-33)28-21)31-13-17(3)27-15-31/h6-13,15,18,33H,5,14H2,1-4H3/t18-/m0/s1. The quantitative estimate of drug-likeness (QED) is 0.448. The molecule has 0 saturated heterocycles. The SMILES string of the molecule is CCN(c1nnc(-c2ccc(-n3cnc(C)c3)c(CO)n2)cc1C)[C@@H](C)c1ccc(F)cc1. The van der Waals surface area contributed by atoms with E-state index in [-0.39, 0.29) is 18.5 Å². The fourth-order valence-electron chi connectivity index (χ4n) is 3.96. The molecule has 0 aliphatic carbocycles. The van der Waals surface area contributed by atoms with Gasteiger partial charge in [-0.1, -0.05) is 12.1 Å². The Kier molecular flexibility index (Phi) is 6.46. The Morgan fingerprint density at radius 3 is 2.42 bits per heavy atom. The van der Waals surface area contributed by atoms with Crippen LogP contribution in [0.3, 0.4) is 0 Å². The van der Waals surface area contributed by atoms with Crippen molar-refractivity contribution in [3.8, 4) is 17.1 Å². The van der Waals surface area contributed by atoms with E-state index in [1.807, 2.05) is 42.8 Å². The number of pyridine rings is 1. The van der Waals surface area contributed by atoms with Crippen molar-refractivity contribution in [3.05, 3.63) is 83.3 Å². The molecule has 0 amide bonds. The Morgan fingerprint density at radius 1 is 1.06 bits per heavy atom. The number of halogens is 1. The molecule has 3 aromatic heterocycles. The number of benzene rings is 1. The third-order valence-corrected chi connectivity index (χ3v) is 5.74. The number of rotatable bonds is 7. The predicted octanol–water partition coefficient (Wildman–Crippen LogP) is 4.56. The van der Waals surface area contributed by atoms with E-state index in [9.17, 15) is 9.50 Å². The van der Waals surface area contributed by atoms with Gasteiger partial charge in [-0.25, -0.2) is 14.4 Å². The highest BCUT2D eigenvalue weighted by molar-refractivity contribution is 5.60. The first-order chi connectivity index (χ1) is 15.9. The zero-order valence-electron chi connectivity index (χ0n) is 19.2. The maximum Gasteiger partial charge on any atom is 0.154 e. The molecule has 170 valence electrons. The van der Waals surface area contributed by atoms with Crippen LogP contribution in [0.4, 0.5) is 10.2 Å². The van der Waals surface area contributed by atoms with E-state index in [4.69, 9.17) is 0 Å². The van der Waals surface area contributed by atoms with Gasteiger partial charge in [-0.3, -0.25) is 0 Å². The third-order valence-electron chi connectivity index (χ3n) is 5.74. The van der Waals surface area contributed by atoms with Gasteiger partial charge in [-0.2, -0.15) is 0 Å². The average molecular weight is 447 g/mol. The zero-order chi connectivity index (χ0) is 23.5. The monoisotopic (exact) mass is 446 g/mol. The molecule has 0 aliphatic rings. The van der Waals surface area contributed by atoms with Crippen molar-refractivity contribution in [1.29, 1.82) is 0 Å². The van der Waals surface area contributed by atoms with Crippen molar-refractivity contribution in [3.63, 3.8) is 0 Å². The molecule has 0 saturated carbocycles. The van der Waals surface area contributed by atoms with Crippen LogP contribution >= 0.6 is 0 Å². The van der Waals surface area contributed by atoms with Crippen LogP contribution in [0.25, 0.3) is 17.1 Å². The molecule has 3 heterocycles. The van der Waals surface area contributed by atoms with E-state index in [2.05, 4.69) is 38.9 Å². The Morgan fingerprint density at radius 2 is 1.82 bits per heavy atom. The molecule has 7 nitrogen and oxygen atoms in total. The van der Waals surface area contributed by atoms with Crippen LogP contribution < -0.4 is 4.90 Å². The maximum atomic E-state index is 13.3. The number of hydrogen-bond donors (Lipinski definition) is 1. The van der Waals surface area contributed by atoms with Crippen molar-refractivity contribution in [2.75, 3.05) is 11.4 Å². The minimum atomic E-state index is -0.252. The van der Waals surface area contributed by atoms with Crippen LogP contribution in [0.1, 0.15) is 42.4 Å². The van der Waals surface area contributed by atoms with Gasteiger partial charge in [0.05, 0.1) is 41.7 Å². The number of aromatic nitrogens is 5. The second kappa shape index (κ2) is 9.46. The van der Waals surface area contributed by atoms with E-state index in [1.165, 1.54) is 12.1 Å². The molecule has 0 bridgehead atoms. The summed E-state index contributed by atoms with van der Waals surface area (Å²) in [7, 11) is 0. The summed E-state index contributed by atoms with van der Waals surface area (Å²) >= 11 is 0. The molecule has 0 spiro atoms. The van der Waals surface area contributed by atoms with Crippen molar-refractivity contribution in [2.45, 2.75) is 40.3 Å². The molecule has 4 aromatic rings. The number of aliphatic hydroxyl groups is 1. The third kappa shape index (κ3) is 4.61. The molecule has 1 aromatic carbocycles. The van der Waals surface area contributed by atoms with Crippen LogP contribution in [0.5, 0.6) is 0 Å². The summed E-state index contributed by atoms with van der Waals surface area (Å²) in [4.78, 5) is 11.0. The lowest BCUT2D eigenvalue weighted by atomic mass is 10.1. The molecule has 1 atom stereocenters. The van der Waals surface area contributed by atoms with Gasteiger partial charge in [0.2, 0.25) is 0 Å². The molecule has 8 heteroatoms. The van der Waals surface area contributed by atoms with Gasteiger partial charge in [0.25, 0.3) is 0 Å². The Balaban J connectivity index is 1.64. The fraction of sp³-hybridized carbons (Fsp3) is 0.280. The minimum absolute atomic E-state index is 0.00601. The molecule has 0 fully saturated rings. The lowest BCUT2D eigenvalue weighted by Crippen LogP contribution is -2.28. The van der Waals surface area contributed by atoms with Crippen molar-refractivity contribution >= 4 is 5.82 Å². The number of imidazole rings is 1. The van der Waals surface area contributed by atoms with E-state index in [0.29, 0.717) is 17.1 Å². The van der Waals surface area contributed by atoms with Gasteiger partial charge < -0.3 is 14.6 Å². The molecule has 0 aliphatic heterocycles. The maximum absolute atomic E-state index is 13.3. The average Bonchev–Trinajstić information content (AvgIpc) is 3.26. The number of nitrogens with zero attached hydrogens (tertiary/aromatic N) is 6. The van der Waals surface area contributed by atoms with E-state index in [0.717, 1.165) is 34.9 Å². The smallest absolute Gasteiger partial charge is 0.154 e. The number of aliphatic hydroxyl groups excluding tert-OH is 1. The van der Waals surface area contributed by atoms with Crippen LogP contribution in [-0.2, 0) is 6.61 Å². The highest BCUT2D eigenvalue weighted by Crippen LogP contribution is 2.29. The highest BCUT2D eigenvalue weighted by Gasteiger charge is 2.20. The minimum Gasteiger partial charge on any atom is -0.390 e. The van der Waals surface area contributed by atoms with Gasteiger partial charge >= 0.3 is 0 Å². The molecular weight excluding hydrogens is 419 g/mol. The normalized spacial score (nSPS) is 12.1. The van der Waals surface area contributed by atoms with Crippen LogP contribution in [0.2, 0.25) is 0 Å². The summed E-state index contributed by atoms with van der Waals surface area (Å²) in [5, 5.41) is 18.8. The largest absolute Gasteiger partial charge is 0.390 e. The van der Waals surface area contributed by atoms with E-state index < -0.39 is 0 Å². The number of hydrogen-bond acceptors (Lipinski definition) is 6. The summed E-state index contributed by atoms with van der Waals surface area (Å²) < 4.78 is 15.2. The van der Waals surface area contributed by atoms with Crippen LogP contribution in [0, 0.1) is 19.7 Å². The second-order valence-electron chi connectivity index (χ2n) is 7.99. The van der Waals surface area contributed by atoms with Gasteiger partial charge in [-0.15, -0.1) is 10.2 Å². The van der Waals surface area contributed by atoms with Gasteiger partial charge in [0, 0.05) is 12.7 Å². The van der Waals surface area contributed by atoms with Crippen LogP contribution in [0.15, 0.2) is 55.0 Å². The number of anilines is 1. The predicted molar refractivity (Wildman–Crippen MR) is 126 cm³/mol. The molecule has 33 heavy (non-hydrogen) atoms. The molecule has 0 unspecified atom stereocenters. The molecule has 4 rings (SSSR count). The van der Waals surface area contributed by atoms with E-state index >= 15 is 0 Å². The van der Waals surface area contributed by atoms with Gasteiger partial charge in [0.1, 0.15) is 11.5 Å². The fourth-order valence-corrected chi connectivity index (χ4v) is 3.96. The first-order valence-electron chi connectivity index (χ1n) is 10.9. The summed E-state index contributed by atoms with van der Waals surface area (Å²) in [5.74, 6) is 0.518. The van der Waals surface area contributed by atoms with Crippen molar-refractivity contribution in [1.82, 2.24) is 24.7 Å². The first-order valence-corrected chi connectivity index (χ1v) is 10.9. The van der Waals surface area contributed by atoms with Crippen LogP contribution in [-0.4, -0.2) is 36.4 Å². The lowest BCUT2D eigenvalue weighted by molar-refractivity contribution is 0.276. The first kappa shape index (κ1) is 22.5. The Bertz CT molecular complexity index is 1250. The van der Waals surface area contributed by atoms with Gasteiger partial charge in [-0.05, 0) is 69.2 Å². The molecule has 0 radical (unpaired) electrons. The summed E-state index contributed by atoms with van der Waals surface area (Å²) in [6, 6.07) is 12.3. The Labute approximate surface area is 192 Å². The molecular formula is C25H27FN6O. The van der Waals surface area contributed by atoms with Crippen molar-refractivity contribution in [2.24, 2.45) is 0 Å². The lowest BCUT2D eigenvalue weighted by Gasteiger charge is -2.30. The zero-order valence-corrected chi connectivity index (χ0v) is 19.2. The summed E-state index contributed by atoms with van der Waals surface area (Å²) in [5.41, 5.74) is 5.42. The number of aryl methyl sites for hydroxylation is 2. The summed E-state index contributed by atoms with van der Waals surface area (Å²) in [6.07, 6.45) is 3.59. The topological polar surface area (TPSA) is 80.0 Å².